The Labute approximate surface area is 121 Å². The maximum atomic E-state index is 13.8. The first-order valence-corrected chi connectivity index (χ1v) is 7.56. The minimum absolute atomic E-state index is 0.0315. The number of rotatable bonds is 3. The monoisotopic (exact) mass is 308 g/mol. The molecule has 6 heteroatoms. The number of nitrogens with zero attached hydrogens (tertiary/aromatic N) is 1. The van der Waals surface area contributed by atoms with Crippen molar-refractivity contribution in [2.24, 2.45) is 0 Å². The van der Waals surface area contributed by atoms with E-state index in [4.69, 9.17) is 6.57 Å². The van der Waals surface area contributed by atoms with E-state index in [0.29, 0.717) is 6.07 Å². The molecule has 0 amide bonds. The summed E-state index contributed by atoms with van der Waals surface area (Å²) in [6, 6.07) is 8.59. The van der Waals surface area contributed by atoms with Gasteiger partial charge in [0.15, 0.2) is 0 Å². The van der Waals surface area contributed by atoms with E-state index >= 15 is 0 Å². The van der Waals surface area contributed by atoms with Gasteiger partial charge >= 0.3 is 5.37 Å². The van der Waals surface area contributed by atoms with Crippen LogP contribution in [0.2, 0.25) is 0 Å². The fraction of sp³-hybridized carbons (Fsp3) is 0.133. The summed E-state index contributed by atoms with van der Waals surface area (Å²) in [7, 11) is -4.01. The van der Waals surface area contributed by atoms with Crippen molar-refractivity contribution in [2.45, 2.75) is 17.2 Å². The van der Waals surface area contributed by atoms with Gasteiger partial charge < -0.3 is 0 Å². The minimum Gasteiger partial charge on any atom is -0.215 e. The van der Waals surface area contributed by atoms with Crippen LogP contribution in [0.25, 0.3) is 4.85 Å². The molecule has 0 fully saturated rings. The Kier molecular flexibility index (Phi) is 4.05. The molecule has 1 atom stereocenters. The molecule has 0 saturated heterocycles. The third-order valence-electron chi connectivity index (χ3n) is 3.01. The Morgan fingerprint density at radius 1 is 1.10 bits per heavy atom. The van der Waals surface area contributed by atoms with Crippen molar-refractivity contribution < 1.29 is 17.2 Å². The van der Waals surface area contributed by atoms with E-state index in [1.54, 1.807) is 19.1 Å². The van der Waals surface area contributed by atoms with E-state index in [1.165, 1.54) is 12.1 Å². The number of aryl methyl sites for hydroxylation is 1. The number of halogens is 2. The van der Waals surface area contributed by atoms with Gasteiger partial charge in [-0.15, -0.1) is 0 Å². The third kappa shape index (κ3) is 2.93. The summed E-state index contributed by atoms with van der Waals surface area (Å²) in [6.07, 6.45) is 0. The molecule has 0 radical (unpaired) electrons. The molecule has 108 valence electrons. The second-order valence-corrected chi connectivity index (χ2v) is 6.53. The molecule has 2 aromatic carbocycles. The Bertz CT molecular complexity index is 809. The molecule has 0 heterocycles. The lowest BCUT2D eigenvalue weighted by molar-refractivity contribution is 0.564. The molecule has 0 saturated carbocycles. The summed E-state index contributed by atoms with van der Waals surface area (Å²) in [6.45, 7) is 6.96. The van der Waals surface area contributed by atoms with Gasteiger partial charge in [0.25, 0.3) is 16.4 Å². The van der Waals surface area contributed by atoms with Crippen LogP contribution in [0.1, 0.15) is 16.5 Å². The van der Waals surface area contributed by atoms with Gasteiger partial charge in [-0.2, -0.15) is 0 Å². The first-order chi connectivity index (χ1) is 9.86. The van der Waals surface area contributed by atoms with Crippen molar-refractivity contribution in [3.05, 3.63) is 70.1 Å². The molecular weight excluding hydrogens is 296 g/mol. The fourth-order valence-electron chi connectivity index (χ4n) is 1.89. The van der Waals surface area contributed by atoms with Crippen LogP contribution in [0.5, 0.6) is 0 Å². The SMILES string of the molecule is C#[N+][C@@H](c1ccc(F)cc1F)S(=O)(=O)c1ccc(C)cc1. The zero-order valence-electron chi connectivity index (χ0n) is 11.1. The normalized spacial score (nSPS) is 12.7. The van der Waals surface area contributed by atoms with Gasteiger partial charge in [0.1, 0.15) is 11.6 Å². The van der Waals surface area contributed by atoms with Crippen LogP contribution in [0.15, 0.2) is 47.4 Å². The van der Waals surface area contributed by atoms with E-state index in [1.807, 2.05) is 0 Å². The lowest BCUT2D eigenvalue weighted by atomic mass is 10.2. The summed E-state index contributed by atoms with van der Waals surface area (Å²) in [5, 5.41) is -1.62. The van der Waals surface area contributed by atoms with E-state index in [0.717, 1.165) is 17.7 Å². The largest absolute Gasteiger partial charge is 0.400 e. The predicted molar refractivity (Wildman–Crippen MR) is 75.8 cm³/mol. The fourth-order valence-corrected chi connectivity index (χ4v) is 3.35. The molecule has 0 aliphatic heterocycles. The Morgan fingerprint density at radius 3 is 2.24 bits per heavy atom. The van der Waals surface area contributed by atoms with Gasteiger partial charge in [-0.1, -0.05) is 22.5 Å². The second kappa shape index (κ2) is 5.62. The Balaban J connectivity index is 2.55. The lowest BCUT2D eigenvalue weighted by Gasteiger charge is -2.06. The molecular formula is C15H12F2NO2S+. The minimum atomic E-state index is -4.01. The zero-order chi connectivity index (χ0) is 15.6. The quantitative estimate of drug-likeness (QED) is 0.867. The summed E-state index contributed by atoms with van der Waals surface area (Å²) in [5.74, 6) is -1.82. The molecule has 0 aromatic heterocycles. The predicted octanol–water partition coefficient (Wildman–Crippen LogP) is 3.71. The Hall–Kier alpha value is -2.26. The highest BCUT2D eigenvalue weighted by molar-refractivity contribution is 7.91. The van der Waals surface area contributed by atoms with Crippen LogP contribution in [-0.2, 0) is 9.84 Å². The first-order valence-electron chi connectivity index (χ1n) is 6.02. The molecule has 2 rings (SSSR count). The topological polar surface area (TPSA) is 38.5 Å². The Morgan fingerprint density at radius 2 is 1.71 bits per heavy atom. The third-order valence-corrected chi connectivity index (χ3v) is 4.90. The highest BCUT2D eigenvalue weighted by atomic mass is 32.2. The number of hydrogen-bond donors (Lipinski definition) is 0. The van der Waals surface area contributed by atoms with Crippen molar-refractivity contribution in [2.75, 3.05) is 0 Å². The van der Waals surface area contributed by atoms with Crippen LogP contribution in [0.4, 0.5) is 8.78 Å². The molecule has 0 N–H and O–H groups in total. The average Bonchev–Trinajstić information content (AvgIpc) is 2.42. The maximum absolute atomic E-state index is 13.8. The second-order valence-electron chi connectivity index (χ2n) is 4.53. The van der Waals surface area contributed by atoms with Crippen LogP contribution < -0.4 is 0 Å². The zero-order valence-corrected chi connectivity index (χ0v) is 11.9. The summed E-state index contributed by atoms with van der Waals surface area (Å²) in [4.78, 5) is 3.24. The van der Waals surface area contributed by atoms with E-state index in [-0.39, 0.29) is 10.5 Å². The first kappa shape index (κ1) is 15.1. The number of hydrogen-bond acceptors (Lipinski definition) is 2. The molecule has 0 aliphatic rings. The average molecular weight is 308 g/mol. The van der Waals surface area contributed by atoms with Gasteiger partial charge in [0.05, 0.1) is 10.5 Å². The van der Waals surface area contributed by atoms with Crippen molar-refractivity contribution in [1.29, 1.82) is 0 Å². The van der Waals surface area contributed by atoms with Crippen molar-refractivity contribution in [3.8, 4) is 6.57 Å². The van der Waals surface area contributed by atoms with Gasteiger partial charge in [0, 0.05) is 6.07 Å². The molecule has 0 spiro atoms. The molecule has 2 aromatic rings. The van der Waals surface area contributed by atoms with E-state index < -0.39 is 26.8 Å². The van der Waals surface area contributed by atoms with Gasteiger partial charge in [-0.05, 0) is 31.2 Å². The summed E-state index contributed by atoms with van der Waals surface area (Å²) in [5.41, 5.74) is 0.586. The van der Waals surface area contributed by atoms with Crippen molar-refractivity contribution in [3.63, 3.8) is 0 Å². The molecule has 0 aliphatic carbocycles. The molecule has 0 unspecified atom stereocenters. The smallest absolute Gasteiger partial charge is 0.215 e. The van der Waals surface area contributed by atoms with E-state index in [2.05, 4.69) is 4.85 Å². The highest BCUT2D eigenvalue weighted by Gasteiger charge is 2.39. The number of benzene rings is 2. The van der Waals surface area contributed by atoms with E-state index in [9.17, 15) is 17.2 Å². The summed E-state index contributed by atoms with van der Waals surface area (Å²) >= 11 is 0. The van der Waals surface area contributed by atoms with Gasteiger partial charge in [-0.3, -0.25) is 0 Å². The molecule has 0 bridgehead atoms. The van der Waals surface area contributed by atoms with Crippen molar-refractivity contribution in [1.82, 2.24) is 0 Å². The standard InChI is InChI=1S/C15H12F2NO2S/c1-10-3-6-12(7-4-10)21(19,20)15(18-2)13-8-5-11(16)9-14(13)17/h2-9,15H,1H3/q+1/t15-/m1/s1. The van der Waals surface area contributed by atoms with Gasteiger partial charge in [0.2, 0.25) is 0 Å². The highest BCUT2D eigenvalue weighted by Crippen LogP contribution is 2.32. The van der Waals surface area contributed by atoms with Gasteiger partial charge in [-0.25, -0.2) is 17.2 Å². The molecule has 21 heavy (non-hydrogen) atoms. The number of sulfone groups is 1. The maximum Gasteiger partial charge on any atom is 0.400 e. The summed E-state index contributed by atoms with van der Waals surface area (Å²) < 4.78 is 51.7. The van der Waals surface area contributed by atoms with Crippen LogP contribution in [0.3, 0.4) is 0 Å². The molecule has 3 nitrogen and oxygen atoms in total. The lowest BCUT2D eigenvalue weighted by Crippen LogP contribution is -2.12. The van der Waals surface area contributed by atoms with Crippen LogP contribution in [0, 0.1) is 25.1 Å². The van der Waals surface area contributed by atoms with Crippen LogP contribution >= 0.6 is 0 Å². The van der Waals surface area contributed by atoms with Crippen molar-refractivity contribution >= 4 is 9.84 Å². The van der Waals surface area contributed by atoms with Crippen LogP contribution in [-0.4, -0.2) is 8.42 Å².